The van der Waals surface area contributed by atoms with Gasteiger partial charge in [-0.05, 0) is 92.8 Å². The Morgan fingerprint density at radius 1 is 1.20 bits per heavy atom. The standard InChI is InChI=1S/C25H29N3OS/c1-15-7-9-20(16(2)11-15)26-24-27-23(29)22(30-24)13-18-8-10-21-19(12-18)17(3)14-25(4,5)28(21)6/h7-13,17H,14H2,1-6H3,(H,26,27,29)/b22-13-/t17-/m0/s1. The van der Waals surface area contributed by atoms with Crippen molar-refractivity contribution < 1.29 is 4.79 Å². The molecule has 156 valence electrons. The predicted octanol–water partition coefficient (Wildman–Crippen LogP) is 5.92. The van der Waals surface area contributed by atoms with Gasteiger partial charge >= 0.3 is 0 Å². The van der Waals surface area contributed by atoms with Crippen molar-refractivity contribution in [2.24, 2.45) is 4.99 Å². The number of fused-ring (bicyclic) bond motifs is 1. The van der Waals surface area contributed by atoms with E-state index in [2.05, 4.69) is 74.2 Å². The molecule has 1 amide bonds. The maximum absolute atomic E-state index is 12.5. The van der Waals surface area contributed by atoms with Crippen LogP contribution in [0.3, 0.4) is 0 Å². The second-order valence-corrected chi connectivity index (χ2v) is 10.1. The topological polar surface area (TPSA) is 44.7 Å². The molecule has 0 aromatic heterocycles. The number of aryl methyl sites for hydroxylation is 2. The van der Waals surface area contributed by atoms with Crippen molar-refractivity contribution in [2.75, 3.05) is 11.9 Å². The number of anilines is 1. The molecule has 4 nitrogen and oxygen atoms in total. The summed E-state index contributed by atoms with van der Waals surface area (Å²) >= 11 is 1.40. The first-order valence-corrected chi connectivity index (χ1v) is 11.2. The summed E-state index contributed by atoms with van der Waals surface area (Å²) in [5.74, 6) is 0.392. The number of carbonyl (C=O) groups excluding carboxylic acids is 1. The van der Waals surface area contributed by atoms with Gasteiger partial charge in [-0.2, -0.15) is 0 Å². The van der Waals surface area contributed by atoms with Crippen molar-refractivity contribution in [3.05, 3.63) is 63.6 Å². The van der Waals surface area contributed by atoms with Crippen LogP contribution in [0.2, 0.25) is 0 Å². The summed E-state index contributed by atoms with van der Waals surface area (Å²) in [4.78, 5) is 20.2. The molecule has 2 heterocycles. The van der Waals surface area contributed by atoms with Gasteiger partial charge in [0.15, 0.2) is 5.17 Å². The van der Waals surface area contributed by atoms with Gasteiger partial charge in [0.1, 0.15) is 0 Å². The number of amidine groups is 1. The maximum Gasteiger partial charge on any atom is 0.264 e. The Bertz CT molecular complexity index is 1080. The third kappa shape index (κ3) is 3.91. The Hall–Kier alpha value is -2.53. The minimum atomic E-state index is -0.0902. The molecule has 30 heavy (non-hydrogen) atoms. The van der Waals surface area contributed by atoms with Crippen molar-refractivity contribution in [3.8, 4) is 0 Å². The van der Waals surface area contributed by atoms with Crippen LogP contribution < -0.4 is 10.2 Å². The van der Waals surface area contributed by atoms with Crippen LogP contribution in [-0.2, 0) is 4.79 Å². The molecule has 2 aromatic rings. The summed E-state index contributed by atoms with van der Waals surface area (Å²) in [6.45, 7) is 11.0. The number of carbonyl (C=O) groups is 1. The molecule has 0 aliphatic carbocycles. The molecule has 2 aliphatic rings. The lowest BCUT2D eigenvalue weighted by molar-refractivity contribution is -0.115. The monoisotopic (exact) mass is 419 g/mol. The molecule has 1 saturated heterocycles. The number of nitrogens with one attached hydrogen (secondary N) is 1. The summed E-state index contributed by atoms with van der Waals surface area (Å²) in [5.41, 5.74) is 7.02. The molecule has 2 aliphatic heterocycles. The molecule has 1 atom stereocenters. The Morgan fingerprint density at radius 3 is 2.70 bits per heavy atom. The number of benzene rings is 2. The van der Waals surface area contributed by atoms with E-state index in [1.807, 2.05) is 25.1 Å². The fourth-order valence-electron chi connectivity index (χ4n) is 4.36. The molecule has 0 bridgehead atoms. The van der Waals surface area contributed by atoms with Crippen LogP contribution in [0.5, 0.6) is 0 Å². The van der Waals surface area contributed by atoms with Gasteiger partial charge in [-0.3, -0.25) is 4.79 Å². The fraction of sp³-hybridized carbons (Fsp3) is 0.360. The third-order valence-electron chi connectivity index (χ3n) is 6.18. The Morgan fingerprint density at radius 2 is 1.97 bits per heavy atom. The number of thioether (sulfide) groups is 1. The van der Waals surface area contributed by atoms with Gasteiger partial charge in [-0.1, -0.05) is 30.7 Å². The van der Waals surface area contributed by atoms with Crippen LogP contribution in [0.15, 0.2) is 46.3 Å². The summed E-state index contributed by atoms with van der Waals surface area (Å²) < 4.78 is 0. The van der Waals surface area contributed by atoms with Gasteiger partial charge in [0.2, 0.25) is 0 Å². The summed E-state index contributed by atoms with van der Waals surface area (Å²) in [7, 11) is 2.17. The van der Waals surface area contributed by atoms with E-state index in [1.54, 1.807) is 0 Å². The molecular formula is C25H29N3OS. The molecule has 2 aromatic carbocycles. The smallest absolute Gasteiger partial charge is 0.264 e. The van der Waals surface area contributed by atoms with E-state index in [-0.39, 0.29) is 11.4 Å². The average molecular weight is 420 g/mol. The highest BCUT2D eigenvalue weighted by Crippen LogP contribution is 2.43. The number of rotatable bonds is 2. The second-order valence-electron chi connectivity index (χ2n) is 9.07. The zero-order valence-corrected chi connectivity index (χ0v) is 19.4. The number of nitrogens with zero attached hydrogens (tertiary/aromatic N) is 2. The van der Waals surface area contributed by atoms with E-state index < -0.39 is 0 Å². The molecule has 4 rings (SSSR count). The Kier molecular flexibility index (Phi) is 5.27. The van der Waals surface area contributed by atoms with Crippen molar-refractivity contribution in [1.29, 1.82) is 0 Å². The summed E-state index contributed by atoms with van der Waals surface area (Å²) in [6, 6.07) is 12.6. The number of amides is 1. The lowest BCUT2D eigenvalue weighted by Crippen LogP contribution is -2.45. The molecular weight excluding hydrogens is 390 g/mol. The molecule has 0 saturated carbocycles. The van der Waals surface area contributed by atoms with Crippen LogP contribution in [0.25, 0.3) is 6.08 Å². The number of hydrogen-bond donors (Lipinski definition) is 1. The fourth-order valence-corrected chi connectivity index (χ4v) is 5.19. The highest BCUT2D eigenvalue weighted by Gasteiger charge is 2.34. The van der Waals surface area contributed by atoms with E-state index in [0.717, 1.165) is 23.2 Å². The zero-order chi connectivity index (χ0) is 21.6. The molecule has 0 radical (unpaired) electrons. The van der Waals surface area contributed by atoms with Crippen LogP contribution in [-0.4, -0.2) is 23.7 Å². The largest absolute Gasteiger partial charge is 0.369 e. The lowest BCUT2D eigenvalue weighted by Gasteiger charge is -2.45. The lowest BCUT2D eigenvalue weighted by atomic mass is 9.80. The first-order valence-electron chi connectivity index (χ1n) is 10.4. The normalized spacial score (nSPS) is 23.1. The van der Waals surface area contributed by atoms with Crippen LogP contribution >= 0.6 is 11.8 Å². The van der Waals surface area contributed by atoms with E-state index in [4.69, 9.17) is 0 Å². The van der Waals surface area contributed by atoms with Gasteiger partial charge in [-0.15, -0.1) is 0 Å². The minimum absolute atomic E-state index is 0.0902. The quantitative estimate of drug-likeness (QED) is 0.615. The van der Waals surface area contributed by atoms with E-state index in [9.17, 15) is 4.79 Å². The van der Waals surface area contributed by atoms with Crippen molar-refractivity contribution in [1.82, 2.24) is 5.32 Å². The van der Waals surface area contributed by atoms with Gasteiger partial charge in [0, 0.05) is 18.3 Å². The van der Waals surface area contributed by atoms with Gasteiger partial charge in [0.25, 0.3) is 5.91 Å². The molecule has 0 unspecified atom stereocenters. The van der Waals surface area contributed by atoms with Crippen LogP contribution in [0.1, 0.15) is 55.4 Å². The van der Waals surface area contributed by atoms with E-state index in [1.165, 1.54) is 28.6 Å². The zero-order valence-electron chi connectivity index (χ0n) is 18.5. The molecule has 0 spiro atoms. The molecule has 5 heteroatoms. The number of hydrogen-bond acceptors (Lipinski definition) is 4. The summed E-state index contributed by atoms with van der Waals surface area (Å²) in [5, 5.41) is 3.53. The van der Waals surface area contributed by atoms with E-state index >= 15 is 0 Å². The van der Waals surface area contributed by atoms with Crippen molar-refractivity contribution in [3.63, 3.8) is 0 Å². The minimum Gasteiger partial charge on any atom is -0.369 e. The average Bonchev–Trinajstić information content (AvgIpc) is 3.01. The Balaban J connectivity index is 1.61. The molecule has 1 N–H and O–H groups in total. The maximum atomic E-state index is 12.5. The third-order valence-corrected chi connectivity index (χ3v) is 7.09. The highest BCUT2D eigenvalue weighted by atomic mass is 32.2. The van der Waals surface area contributed by atoms with Crippen LogP contribution in [0.4, 0.5) is 11.4 Å². The SMILES string of the molecule is Cc1ccc(N=C2NC(=O)/C(=C/c3ccc4c(c3)[C@@H](C)CC(C)(C)N4C)S2)c(C)c1. The van der Waals surface area contributed by atoms with Crippen LogP contribution in [0, 0.1) is 13.8 Å². The summed E-state index contributed by atoms with van der Waals surface area (Å²) in [6.07, 6.45) is 3.08. The molecule has 1 fully saturated rings. The number of aliphatic imine (C=N–C) groups is 1. The predicted molar refractivity (Wildman–Crippen MR) is 129 cm³/mol. The first-order chi connectivity index (χ1) is 14.1. The van der Waals surface area contributed by atoms with Gasteiger partial charge in [0.05, 0.1) is 10.6 Å². The first kappa shape index (κ1) is 20.7. The highest BCUT2D eigenvalue weighted by molar-refractivity contribution is 8.18. The Labute approximate surface area is 183 Å². The van der Waals surface area contributed by atoms with E-state index in [0.29, 0.717) is 16.0 Å². The second kappa shape index (κ2) is 7.62. The van der Waals surface area contributed by atoms with Gasteiger partial charge in [-0.25, -0.2) is 4.99 Å². The van der Waals surface area contributed by atoms with Gasteiger partial charge < -0.3 is 10.2 Å². The van der Waals surface area contributed by atoms with Crippen molar-refractivity contribution in [2.45, 2.75) is 52.5 Å². The van der Waals surface area contributed by atoms with Crippen molar-refractivity contribution >= 4 is 40.3 Å².